The van der Waals surface area contributed by atoms with Gasteiger partial charge in [0.2, 0.25) is 0 Å². The Kier molecular flexibility index (Phi) is 5.62. The quantitative estimate of drug-likeness (QED) is 0.669. The van der Waals surface area contributed by atoms with Gasteiger partial charge in [0.15, 0.2) is 0 Å². The van der Waals surface area contributed by atoms with Gasteiger partial charge in [-0.15, -0.1) is 0 Å². The van der Waals surface area contributed by atoms with Crippen molar-refractivity contribution >= 4 is 11.7 Å². The van der Waals surface area contributed by atoms with Crippen LogP contribution in [0.25, 0.3) is 0 Å². The van der Waals surface area contributed by atoms with E-state index in [4.69, 9.17) is 10.5 Å². The third kappa shape index (κ3) is 4.21. The lowest BCUT2D eigenvalue weighted by Crippen LogP contribution is -2.27. The first kappa shape index (κ1) is 15.8. The molecule has 4 nitrogen and oxygen atoms in total. The maximum absolute atomic E-state index is 11.9. The topological polar surface area (TPSA) is 55.6 Å². The monoisotopic (exact) mass is 290 g/mol. The Labute approximate surface area is 127 Å². The highest BCUT2D eigenvalue weighted by Gasteiger charge is 2.19. The Morgan fingerprint density at radius 2 is 2.05 bits per heavy atom. The molecule has 116 valence electrons. The van der Waals surface area contributed by atoms with Gasteiger partial charge in [0.25, 0.3) is 0 Å². The Balaban J connectivity index is 2.04. The Bertz CT molecular complexity index is 482. The molecule has 0 heterocycles. The van der Waals surface area contributed by atoms with E-state index in [1.807, 2.05) is 12.1 Å². The van der Waals surface area contributed by atoms with Crippen LogP contribution in [-0.4, -0.2) is 31.6 Å². The van der Waals surface area contributed by atoms with Crippen LogP contribution in [0.4, 0.5) is 5.69 Å². The molecular formula is C17H26N2O2. The number of carbonyl (C=O) groups excluding carboxylic acids is 1. The van der Waals surface area contributed by atoms with Crippen LogP contribution in [-0.2, 0) is 11.3 Å². The van der Waals surface area contributed by atoms with Gasteiger partial charge in [-0.25, -0.2) is 4.79 Å². The molecule has 2 rings (SSSR count). The molecule has 1 aromatic rings. The lowest BCUT2D eigenvalue weighted by atomic mass is 9.89. The van der Waals surface area contributed by atoms with Crippen LogP contribution < -0.4 is 5.73 Å². The number of anilines is 1. The van der Waals surface area contributed by atoms with Gasteiger partial charge in [-0.3, -0.25) is 0 Å². The van der Waals surface area contributed by atoms with Crippen molar-refractivity contribution in [3.05, 3.63) is 29.3 Å². The van der Waals surface area contributed by atoms with Crippen molar-refractivity contribution < 1.29 is 9.53 Å². The number of rotatable bonds is 5. The van der Waals surface area contributed by atoms with E-state index >= 15 is 0 Å². The summed E-state index contributed by atoms with van der Waals surface area (Å²) in [6.45, 7) is 1.81. The van der Waals surface area contributed by atoms with E-state index in [2.05, 4.69) is 11.9 Å². The minimum Gasteiger partial charge on any atom is -0.465 e. The van der Waals surface area contributed by atoms with Crippen molar-refractivity contribution in [3.63, 3.8) is 0 Å². The summed E-state index contributed by atoms with van der Waals surface area (Å²) in [5.41, 5.74) is 7.88. The molecule has 2 N–H and O–H groups in total. The highest BCUT2D eigenvalue weighted by molar-refractivity contribution is 5.96. The minimum absolute atomic E-state index is 0.353. The molecule has 0 bridgehead atoms. The second-order valence-corrected chi connectivity index (χ2v) is 6.07. The summed E-state index contributed by atoms with van der Waals surface area (Å²) in [6.07, 6.45) is 6.73. The second kappa shape index (κ2) is 7.46. The molecule has 21 heavy (non-hydrogen) atoms. The molecule has 0 aliphatic heterocycles. The van der Waals surface area contributed by atoms with Crippen molar-refractivity contribution in [1.82, 2.24) is 4.90 Å². The molecule has 1 fully saturated rings. The number of esters is 1. The number of methoxy groups -OCH3 is 1. The van der Waals surface area contributed by atoms with E-state index < -0.39 is 0 Å². The van der Waals surface area contributed by atoms with Gasteiger partial charge in [-0.05, 0) is 37.4 Å². The molecule has 0 radical (unpaired) electrons. The average molecular weight is 290 g/mol. The van der Waals surface area contributed by atoms with Crippen molar-refractivity contribution in [2.75, 3.05) is 26.4 Å². The highest BCUT2D eigenvalue weighted by Crippen LogP contribution is 2.25. The van der Waals surface area contributed by atoms with Gasteiger partial charge in [-0.1, -0.05) is 31.4 Å². The summed E-state index contributed by atoms with van der Waals surface area (Å²) in [4.78, 5) is 14.2. The first-order chi connectivity index (χ1) is 10.1. The van der Waals surface area contributed by atoms with Gasteiger partial charge in [0.05, 0.1) is 12.7 Å². The molecule has 4 heteroatoms. The fourth-order valence-corrected chi connectivity index (χ4v) is 3.27. The molecule has 0 spiro atoms. The van der Waals surface area contributed by atoms with Gasteiger partial charge in [0, 0.05) is 18.8 Å². The number of nitrogens with two attached hydrogens (primary N) is 1. The number of benzene rings is 1. The predicted octanol–water partition coefficient (Wildman–Crippen LogP) is 3.07. The molecule has 0 aromatic heterocycles. The number of ether oxygens (including phenoxy) is 1. The van der Waals surface area contributed by atoms with Crippen LogP contribution in [0.2, 0.25) is 0 Å². The predicted molar refractivity (Wildman–Crippen MR) is 85.1 cm³/mol. The normalized spacial score (nSPS) is 16.1. The van der Waals surface area contributed by atoms with Crippen molar-refractivity contribution in [1.29, 1.82) is 0 Å². The largest absolute Gasteiger partial charge is 0.465 e. The van der Waals surface area contributed by atoms with E-state index in [1.54, 1.807) is 6.07 Å². The SMILES string of the molecule is COC(=O)c1c(N)cccc1CN(C)CC1CCCCC1. The van der Waals surface area contributed by atoms with Crippen molar-refractivity contribution in [2.45, 2.75) is 38.6 Å². The van der Waals surface area contributed by atoms with Crippen LogP contribution in [0.3, 0.4) is 0 Å². The summed E-state index contributed by atoms with van der Waals surface area (Å²) in [5, 5.41) is 0. The summed E-state index contributed by atoms with van der Waals surface area (Å²) in [5.74, 6) is 0.431. The van der Waals surface area contributed by atoms with Gasteiger partial charge < -0.3 is 15.4 Å². The summed E-state index contributed by atoms with van der Waals surface area (Å²) < 4.78 is 4.85. The van der Waals surface area contributed by atoms with E-state index in [0.29, 0.717) is 11.3 Å². The van der Waals surface area contributed by atoms with E-state index in [9.17, 15) is 4.79 Å². The van der Waals surface area contributed by atoms with Crippen LogP contribution in [0.5, 0.6) is 0 Å². The molecular weight excluding hydrogens is 264 g/mol. The molecule has 0 saturated heterocycles. The van der Waals surface area contributed by atoms with Crippen LogP contribution in [0.1, 0.15) is 48.0 Å². The number of nitrogens with zero attached hydrogens (tertiary/aromatic N) is 1. The minimum atomic E-state index is -0.353. The fourth-order valence-electron chi connectivity index (χ4n) is 3.27. The summed E-state index contributed by atoms with van der Waals surface area (Å²) in [6, 6.07) is 5.60. The van der Waals surface area contributed by atoms with E-state index in [0.717, 1.165) is 24.6 Å². The molecule has 1 aliphatic rings. The average Bonchev–Trinajstić information content (AvgIpc) is 2.47. The molecule has 1 saturated carbocycles. The molecule has 1 aromatic carbocycles. The third-order valence-corrected chi connectivity index (χ3v) is 4.31. The maximum Gasteiger partial charge on any atom is 0.340 e. The smallest absolute Gasteiger partial charge is 0.340 e. The molecule has 0 amide bonds. The Hall–Kier alpha value is -1.55. The van der Waals surface area contributed by atoms with Crippen molar-refractivity contribution in [3.8, 4) is 0 Å². The fraction of sp³-hybridized carbons (Fsp3) is 0.588. The lowest BCUT2D eigenvalue weighted by molar-refractivity contribution is 0.0599. The number of carbonyl (C=O) groups is 1. The zero-order valence-corrected chi connectivity index (χ0v) is 13.1. The summed E-state index contributed by atoms with van der Waals surface area (Å²) >= 11 is 0. The van der Waals surface area contributed by atoms with Gasteiger partial charge in [-0.2, -0.15) is 0 Å². The molecule has 1 aliphatic carbocycles. The zero-order valence-electron chi connectivity index (χ0n) is 13.1. The summed E-state index contributed by atoms with van der Waals surface area (Å²) in [7, 11) is 3.50. The van der Waals surface area contributed by atoms with E-state index in [1.165, 1.54) is 39.2 Å². The Morgan fingerprint density at radius 1 is 1.33 bits per heavy atom. The second-order valence-electron chi connectivity index (χ2n) is 6.07. The van der Waals surface area contributed by atoms with Crippen LogP contribution in [0, 0.1) is 5.92 Å². The van der Waals surface area contributed by atoms with Crippen LogP contribution >= 0.6 is 0 Å². The van der Waals surface area contributed by atoms with E-state index in [-0.39, 0.29) is 5.97 Å². The zero-order chi connectivity index (χ0) is 15.2. The lowest BCUT2D eigenvalue weighted by Gasteiger charge is -2.27. The van der Waals surface area contributed by atoms with Gasteiger partial charge in [0.1, 0.15) is 0 Å². The molecule has 0 unspecified atom stereocenters. The standard InChI is InChI=1S/C17H26N2O2/c1-19(11-13-7-4-3-5-8-13)12-14-9-6-10-15(18)16(14)17(20)21-2/h6,9-10,13H,3-5,7-8,11-12,18H2,1-2H3. The maximum atomic E-state index is 11.9. The van der Waals surface area contributed by atoms with Crippen molar-refractivity contribution in [2.24, 2.45) is 5.92 Å². The van der Waals surface area contributed by atoms with Gasteiger partial charge >= 0.3 is 5.97 Å². The Morgan fingerprint density at radius 3 is 2.71 bits per heavy atom. The van der Waals surface area contributed by atoms with Crippen LogP contribution in [0.15, 0.2) is 18.2 Å². The molecule has 0 atom stereocenters. The number of nitrogen functional groups attached to an aromatic ring is 1. The number of hydrogen-bond donors (Lipinski definition) is 1. The first-order valence-corrected chi connectivity index (χ1v) is 7.76. The highest BCUT2D eigenvalue weighted by atomic mass is 16.5. The third-order valence-electron chi connectivity index (χ3n) is 4.31. The first-order valence-electron chi connectivity index (χ1n) is 7.76. The number of hydrogen-bond acceptors (Lipinski definition) is 4.